The van der Waals surface area contributed by atoms with Gasteiger partial charge in [-0.1, -0.05) is 20.8 Å². The van der Waals surface area contributed by atoms with E-state index in [2.05, 4.69) is 36.1 Å². The van der Waals surface area contributed by atoms with Crippen LogP contribution in [0.3, 0.4) is 0 Å². The maximum absolute atomic E-state index is 11.9. The lowest BCUT2D eigenvalue weighted by atomic mass is 9.96. The fourth-order valence-electron chi connectivity index (χ4n) is 2.04. The zero-order valence-corrected chi connectivity index (χ0v) is 12.2. The fourth-order valence-corrected chi connectivity index (χ4v) is 2.04. The summed E-state index contributed by atoms with van der Waals surface area (Å²) in [6.07, 6.45) is 1.47. The standard InChI is InChI=1S/C16H17N3O2/c1-16(2,3)15-18-11-7-6-10(9-12(11)19-15)17-14(20)13-5-4-8-21-13/h4-9H,1-3H3,(H,17,20)(H,18,19). The lowest BCUT2D eigenvalue weighted by molar-refractivity contribution is 0.0996. The van der Waals surface area contributed by atoms with Crippen LogP contribution in [0, 0.1) is 0 Å². The van der Waals surface area contributed by atoms with Crippen LogP contribution in [-0.4, -0.2) is 15.9 Å². The average Bonchev–Trinajstić information content (AvgIpc) is 3.06. The highest BCUT2D eigenvalue weighted by atomic mass is 16.3. The number of furan rings is 1. The van der Waals surface area contributed by atoms with Crippen LogP contribution in [0.5, 0.6) is 0 Å². The summed E-state index contributed by atoms with van der Waals surface area (Å²) in [7, 11) is 0. The number of nitrogens with zero attached hydrogens (tertiary/aromatic N) is 1. The van der Waals surface area contributed by atoms with Crippen LogP contribution in [0.4, 0.5) is 5.69 Å². The summed E-state index contributed by atoms with van der Waals surface area (Å²) in [6.45, 7) is 6.30. The lowest BCUT2D eigenvalue weighted by Gasteiger charge is -2.13. The van der Waals surface area contributed by atoms with Crippen molar-refractivity contribution in [2.45, 2.75) is 26.2 Å². The van der Waals surface area contributed by atoms with Gasteiger partial charge in [-0.3, -0.25) is 4.79 Å². The molecular formula is C16H17N3O2. The van der Waals surface area contributed by atoms with Crippen molar-refractivity contribution in [1.82, 2.24) is 9.97 Å². The number of amides is 1. The molecule has 5 heteroatoms. The molecule has 21 heavy (non-hydrogen) atoms. The molecule has 108 valence electrons. The molecule has 2 heterocycles. The Bertz CT molecular complexity index is 780. The molecule has 1 aromatic carbocycles. The molecule has 0 aliphatic heterocycles. The normalized spacial score (nSPS) is 11.8. The van der Waals surface area contributed by atoms with Crippen LogP contribution in [0.1, 0.15) is 37.2 Å². The number of hydrogen-bond acceptors (Lipinski definition) is 3. The van der Waals surface area contributed by atoms with E-state index in [1.807, 2.05) is 18.2 Å². The summed E-state index contributed by atoms with van der Waals surface area (Å²) in [5.41, 5.74) is 2.44. The van der Waals surface area contributed by atoms with Crippen LogP contribution in [0.15, 0.2) is 41.0 Å². The Kier molecular flexibility index (Phi) is 3.05. The van der Waals surface area contributed by atoms with Gasteiger partial charge in [0.2, 0.25) is 0 Å². The fraction of sp³-hybridized carbons (Fsp3) is 0.250. The molecular weight excluding hydrogens is 266 g/mol. The van der Waals surface area contributed by atoms with Gasteiger partial charge in [-0.15, -0.1) is 0 Å². The number of anilines is 1. The summed E-state index contributed by atoms with van der Waals surface area (Å²) < 4.78 is 5.07. The van der Waals surface area contributed by atoms with Gasteiger partial charge < -0.3 is 14.7 Å². The first-order valence-electron chi connectivity index (χ1n) is 6.78. The summed E-state index contributed by atoms with van der Waals surface area (Å²) in [5, 5.41) is 2.80. The van der Waals surface area contributed by atoms with Gasteiger partial charge in [0.1, 0.15) is 5.82 Å². The number of hydrogen-bond donors (Lipinski definition) is 2. The maximum Gasteiger partial charge on any atom is 0.291 e. The number of carbonyl (C=O) groups excluding carboxylic acids is 1. The third-order valence-corrected chi connectivity index (χ3v) is 3.20. The van der Waals surface area contributed by atoms with Gasteiger partial charge in [0.15, 0.2) is 5.76 Å². The number of H-pyrrole nitrogens is 1. The number of benzene rings is 1. The number of imidazole rings is 1. The molecule has 2 aromatic heterocycles. The smallest absolute Gasteiger partial charge is 0.291 e. The van der Waals surface area contributed by atoms with Gasteiger partial charge in [-0.25, -0.2) is 4.98 Å². The van der Waals surface area contributed by atoms with Gasteiger partial charge in [0.05, 0.1) is 17.3 Å². The average molecular weight is 283 g/mol. The monoisotopic (exact) mass is 283 g/mol. The first-order chi connectivity index (χ1) is 9.93. The van der Waals surface area contributed by atoms with E-state index >= 15 is 0 Å². The minimum absolute atomic E-state index is 0.0450. The van der Waals surface area contributed by atoms with Gasteiger partial charge in [-0.2, -0.15) is 0 Å². The Hall–Kier alpha value is -2.56. The number of aromatic nitrogens is 2. The molecule has 0 aliphatic carbocycles. The van der Waals surface area contributed by atoms with Crippen molar-refractivity contribution < 1.29 is 9.21 Å². The maximum atomic E-state index is 11.9. The van der Waals surface area contributed by atoms with E-state index in [4.69, 9.17) is 4.42 Å². The third-order valence-electron chi connectivity index (χ3n) is 3.20. The molecule has 0 fully saturated rings. The Balaban J connectivity index is 1.89. The van der Waals surface area contributed by atoms with Crippen molar-refractivity contribution in [3.63, 3.8) is 0 Å². The van der Waals surface area contributed by atoms with Crippen molar-refractivity contribution in [3.8, 4) is 0 Å². The van der Waals surface area contributed by atoms with Crippen LogP contribution >= 0.6 is 0 Å². The number of nitrogens with one attached hydrogen (secondary N) is 2. The van der Waals surface area contributed by atoms with E-state index in [-0.39, 0.29) is 17.1 Å². The molecule has 0 saturated carbocycles. The van der Waals surface area contributed by atoms with Gasteiger partial charge in [0.25, 0.3) is 5.91 Å². The highest BCUT2D eigenvalue weighted by molar-refractivity contribution is 6.03. The van der Waals surface area contributed by atoms with Crippen molar-refractivity contribution in [3.05, 3.63) is 48.2 Å². The van der Waals surface area contributed by atoms with Crippen molar-refractivity contribution >= 4 is 22.6 Å². The minimum atomic E-state index is -0.269. The summed E-state index contributed by atoms with van der Waals surface area (Å²) in [5.74, 6) is 0.942. The number of carbonyl (C=O) groups is 1. The Morgan fingerprint density at radius 3 is 2.76 bits per heavy atom. The summed E-state index contributed by atoms with van der Waals surface area (Å²) in [6, 6.07) is 8.90. The van der Waals surface area contributed by atoms with Gasteiger partial charge in [0, 0.05) is 11.1 Å². The number of rotatable bonds is 2. The topological polar surface area (TPSA) is 70.9 Å². The van der Waals surface area contributed by atoms with Gasteiger partial charge >= 0.3 is 0 Å². The Morgan fingerprint density at radius 2 is 2.10 bits per heavy atom. The van der Waals surface area contributed by atoms with Crippen molar-refractivity contribution in [2.24, 2.45) is 0 Å². The van der Waals surface area contributed by atoms with E-state index in [1.165, 1.54) is 6.26 Å². The minimum Gasteiger partial charge on any atom is -0.459 e. The Morgan fingerprint density at radius 1 is 1.29 bits per heavy atom. The van der Waals surface area contributed by atoms with E-state index in [0.717, 1.165) is 16.9 Å². The molecule has 0 spiro atoms. The van der Waals surface area contributed by atoms with Crippen LogP contribution < -0.4 is 5.32 Å². The SMILES string of the molecule is CC(C)(C)c1nc2ccc(NC(=O)c3ccco3)cc2[nH]1. The second kappa shape index (κ2) is 4.77. The van der Waals surface area contributed by atoms with Gasteiger partial charge in [-0.05, 0) is 30.3 Å². The molecule has 2 N–H and O–H groups in total. The molecule has 3 aromatic rings. The molecule has 0 saturated heterocycles. The van der Waals surface area contributed by atoms with Crippen LogP contribution in [-0.2, 0) is 5.41 Å². The largest absolute Gasteiger partial charge is 0.459 e. The molecule has 0 atom stereocenters. The molecule has 0 aliphatic rings. The van der Waals surface area contributed by atoms with Crippen molar-refractivity contribution in [2.75, 3.05) is 5.32 Å². The Labute approximate surface area is 122 Å². The highest BCUT2D eigenvalue weighted by Gasteiger charge is 2.18. The molecule has 0 bridgehead atoms. The summed E-state index contributed by atoms with van der Waals surface area (Å²) in [4.78, 5) is 19.8. The number of fused-ring (bicyclic) bond motifs is 1. The van der Waals surface area contributed by atoms with E-state index < -0.39 is 0 Å². The van der Waals surface area contributed by atoms with Crippen LogP contribution in [0.2, 0.25) is 0 Å². The second-order valence-corrected chi connectivity index (χ2v) is 6.00. The molecule has 5 nitrogen and oxygen atoms in total. The summed E-state index contributed by atoms with van der Waals surface area (Å²) >= 11 is 0. The lowest BCUT2D eigenvalue weighted by Crippen LogP contribution is -2.12. The van der Waals surface area contributed by atoms with E-state index in [0.29, 0.717) is 5.69 Å². The zero-order valence-electron chi connectivity index (χ0n) is 12.2. The highest BCUT2D eigenvalue weighted by Crippen LogP contribution is 2.24. The van der Waals surface area contributed by atoms with E-state index in [1.54, 1.807) is 12.1 Å². The third kappa shape index (κ3) is 2.67. The second-order valence-electron chi connectivity index (χ2n) is 6.00. The molecule has 3 rings (SSSR count). The van der Waals surface area contributed by atoms with Crippen LogP contribution in [0.25, 0.3) is 11.0 Å². The first-order valence-corrected chi connectivity index (χ1v) is 6.78. The zero-order chi connectivity index (χ0) is 15.0. The molecule has 0 radical (unpaired) electrons. The first kappa shape index (κ1) is 13.4. The number of aromatic amines is 1. The van der Waals surface area contributed by atoms with E-state index in [9.17, 15) is 4.79 Å². The predicted octanol–water partition coefficient (Wildman–Crippen LogP) is 3.71. The molecule has 1 amide bonds. The van der Waals surface area contributed by atoms with Crippen molar-refractivity contribution in [1.29, 1.82) is 0 Å². The predicted molar refractivity (Wildman–Crippen MR) is 81.5 cm³/mol. The molecule has 0 unspecified atom stereocenters. The quantitative estimate of drug-likeness (QED) is 0.753.